The minimum absolute atomic E-state index is 0.0154. The smallest absolute Gasteiger partial charge is 0.317 e. The van der Waals surface area contributed by atoms with Crippen molar-refractivity contribution < 1.29 is 9.53 Å². The Morgan fingerprint density at radius 2 is 2.17 bits per heavy atom. The molecule has 4 rings (SSSR count). The fourth-order valence-corrected chi connectivity index (χ4v) is 3.84. The van der Waals surface area contributed by atoms with Crippen LogP contribution in [0.3, 0.4) is 0 Å². The number of urea groups is 1. The third-order valence-electron chi connectivity index (χ3n) is 5.77. The van der Waals surface area contributed by atoms with Gasteiger partial charge in [-0.15, -0.1) is 0 Å². The number of aromatic amines is 1. The predicted octanol–water partition coefficient (Wildman–Crippen LogP) is 3.87. The highest BCUT2D eigenvalue weighted by Gasteiger charge is 2.31. The van der Waals surface area contributed by atoms with E-state index >= 15 is 0 Å². The maximum absolute atomic E-state index is 12.7. The average Bonchev–Trinajstić information content (AvgIpc) is 3.48. The SMILES string of the molecule is CCCOc1ccc(CNC(=O)N2CCC[C@H](c3n[nH]c(C4CC4)n3)C2)c(C)c1. The third-order valence-corrected chi connectivity index (χ3v) is 5.77. The normalized spacial score (nSPS) is 19.2. The van der Waals surface area contributed by atoms with Gasteiger partial charge in [-0.05, 0) is 62.3 Å². The largest absolute Gasteiger partial charge is 0.494 e. The zero-order valence-corrected chi connectivity index (χ0v) is 17.4. The van der Waals surface area contributed by atoms with Crippen LogP contribution in [-0.4, -0.2) is 45.8 Å². The quantitative estimate of drug-likeness (QED) is 0.743. The van der Waals surface area contributed by atoms with E-state index in [1.807, 2.05) is 23.1 Å². The number of ether oxygens (including phenoxy) is 1. The molecule has 1 saturated carbocycles. The third kappa shape index (κ3) is 4.89. The van der Waals surface area contributed by atoms with Crippen molar-refractivity contribution in [3.63, 3.8) is 0 Å². The molecule has 0 spiro atoms. The number of aryl methyl sites for hydroxylation is 1. The van der Waals surface area contributed by atoms with Gasteiger partial charge in [-0.3, -0.25) is 5.10 Å². The van der Waals surface area contributed by atoms with Crippen molar-refractivity contribution in [2.45, 2.75) is 64.3 Å². The van der Waals surface area contributed by atoms with Crippen LogP contribution >= 0.6 is 0 Å². The van der Waals surface area contributed by atoms with Crippen LogP contribution in [0.5, 0.6) is 5.75 Å². The van der Waals surface area contributed by atoms with Crippen LogP contribution in [0.4, 0.5) is 4.79 Å². The highest BCUT2D eigenvalue weighted by molar-refractivity contribution is 5.74. The molecule has 7 nitrogen and oxygen atoms in total. The lowest BCUT2D eigenvalue weighted by molar-refractivity contribution is 0.178. The summed E-state index contributed by atoms with van der Waals surface area (Å²) in [5.41, 5.74) is 2.24. The average molecular weight is 398 g/mol. The number of rotatable bonds is 7. The summed E-state index contributed by atoms with van der Waals surface area (Å²) in [6, 6.07) is 6.03. The number of H-pyrrole nitrogens is 1. The Morgan fingerprint density at radius 1 is 1.31 bits per heavy atom. The number of hydrogen-bond acceptors (Lipinski definition) is 4. The van der Waals surface area contributed by atoms with Crippen molar-refractivity contribution in [3.8, 4) is 5.75 Å². The molecular weight excluding hydrogens is 366 g/mol. The van der Waals surface area contributed by atoms with Gasteiger partial charge in [0.1, 0.15) is 11.6 Å². The van der Waals surface area contributed by atoms with Gasteiger partial charge >= 0.3 is 6.03 Å². The molecule has 2 aliphatic rings. The molecule has 7 heteroatoms. The number of nitrogens with one attached hydrogen (secondary N) is 2. The minimum atomic E-state index is -0.0154. The van der Waals surface area contributed by atoms with Crippen molar-refractivity contribution in [1.82, 2.24) is 25.4 Å². The Balaban J connectivity index is 1.31. The van der Waals surface area contributed by atoms with E-state index in [0.717, 1.165) is 60.9 Å². The highest BCUT2D eigenvalue weighted by Crippen LogP contribution is 2.38. The Labute approximate surface area is 172 Å². The lowest BCUT2D eigenvalue weighted by Gasteiger charge is -2.31. The molecule has 1 saturated heterocycles. The summed E-state index contributed by atoms with van der Waals surface area (Å²) in [5.74, 6) is 3.55. The highest BCUT2D eigenvalue weighted by atomic mass is 16.5. The second-order valence-corrected chi connectivity index (χ2v) is 8.23. The van der Waals surface area contributed by atoms with Crippen LogP contribution < -0.4 is 10.1 Å². The van der Waals surface area contributed by atoms with E-state index in [1.165, 1.54) is 12.8 Å². The van der Waals surface area contributed by atoms with Crippen molar-refractivity contribution in [1.29, 1.82) is 0 Å². The molecule has 2 fully saturated rings. The summed E-state index contributed by atoms with van der Waals surface area (Å²) in [4.78, 5) is 19.3. The van der Waals surface area contributed by atoms with Gasteiger partial charge in [0.2, 0.25) is 0 Å². The van der Waals surface area contributed by atoms with Crippen LogP contribution in [0.15, 0.2) is 18.2 Å². The molecule has 2 N–H and O–H groups in total. The van der Waals surface area contributed by atoms with E-state index in [9.17, 15) is 4.79 Å². The van der Waals surface area contributed by atoms with Crippen LogP contribution in [0.2, 0.25) is 0 Å². The molecule has 2 aromatic rings. The van der Waals surface area contributed by atoms with Crippen LogP contribution in [0.1, 0.15) is 73.6 Å². The Hall–Kier alpha value is -2.57. The summed E-state index contributed by atoms with van der Waals surface area (Å²) in [6.45, 7) is 6.85. The minimum Gasteiger partial charge on any atom is -0.494 e. The molecule has 156 valence electrons. The molecule has 1 aromatic carbocycles. The first kappa shape index (κ1) is 19.7. The molecule has 2 amide bonds. The van der Waals surface area contributed by atoms with Crippen molar-refractivity contribution in [3.05, 3.63) is 41.0 Å². The van der Waals surface area contributed by atoms with Gasteiger partial charge in [-0.1, -0.05) is 13.0 Å². The molecule has 1 aliphatic heterocycles. The van der Waals surface area contributed by atoms with E-state index in [1.54, 1.807) is 0 Å². The van der Waals surface area contributed by atoms with E-state index < -0.39 is 0 Å². The number of benzene rings is 1. The topological polar surface area (TPSA) is 83.1 Å². The maximum Gasteiger partial charge on any atom is 0.317 e. The van der Waals surface area contributed by atoms with E-state index in [2.05, 4.69) is 34.3 Å². The number of likely N-dealkylation sites (tertiary alicyclic amines) is 1. The summed E-state index contributed by atoms with van der Waals surface area (Å²) in [6.07, 6.45) is 5.42. The van der Waals surface area contributed by atoms with E-state index in [4.69, 9.17) is 4.74 Å². The summed E-state index contributed by atoms with van der Waals surface area (Å²) in [7, 11) is 0. The van der Waals surface area contributed by atoms with Crippen LogP contribution in [0, 0.1) is 6.92 Å². The zero-order valence-electron chi connectivity index (χ0n) is 17.4. The van der Waals surface area contributed by atoms with Crippen molar-refractivity contribution in [2.75, 3.05) is 19.7 Å². The van der Waals surface area contributed by atoms with Crippen LogP contribution in [0.25, 0.3) is 0 Å². The van der Waals surface area contributed by atoms with Gasteiger partial charge in [0, 0.05) is 31.5 Å². The number of aromatic nitrogens is 3. The molecule has 1 aliphatic carbocycles. The van der Waals surface area contributed by atoms with Gasteiger partial charge < -0.3 is 15.0 Å². The molecule has 0 unspecified atom stereocenters. The molecule has 0 radical (unpaired) electrons. The standard InChI is InChI=1S/C22H31N5O2/c1-3-11-29-19-9-8-17(15(2)12-19)13-23-22(28)27-10-4-5-18(14-27)21-24-20(25-26-21)16-6-7-16/h8-9,12,16,18H,3-7,10-11,13-14H2,1-2H3,(H,23,28)(H,24,25,26)/t18-/m0/s1. The summed E-state index contributed by atoms with van der Waals surface area (Å²) < 4.78 is 5.68. The van der Waals surface area contributed by atoms with Gasteiger partial charge in [-0.25, -0.2) is 9.78 Å². The second kappa shape index (κ2) is 8.84. The number of nitrogens with zero attached hydrogens (tertiary/aromatic N) is 3. The zero-order chi connectivity index (χ0) is 20.2. The second-order valence-electron chi connectivity index (χ2n) is 8.23. The first-order chi connectivity index (χ1) is 14.1. The van der Waals surface area contributed by atoms with Crippen LogP contribution in [-0.2, 0) is 6.54 Å². The fraction of sp³-hybridized carbons (Fsp3) is 0.591. The number of piperidine rings is 1. The monoisotopic (exact) mass is 397 g/mol. The Kier molecular flexibility index (Phi) is 6.02. The lowest BCUT2D eigenvalue weighted by atomic mass is 9.97. The summed E-state index contributed by atoms with van der Waals surface area (Å²) >= 11 is 0. The van der Waals surface area contributed by atoms with Gasteiger partial charge in [0.05, 0.1) is 6.61 Å². The summed E-state index contributed by atoms with van der Waals surface area (Å²) in [5, 5.41) is 10.6. The number of amides is 2. The predicted molar refractivity (Wildman–Crippen MR) is 111 cm³/mol. The molecule has 2 heterocycles. The molecule has 1 aromatic heterocycles. The van der Waals surface area contributed by atoms with Gasteiger partial charge in [0.25, 0.3) is 0 Å². The Morgan fingerprint density at radius 3 is 2.93 bits per heavy atom. The Bertz CT molecular complexity index is 845. The number of hydrogen-bond donors (Lipinski definition) is 2. The molecule has 1 atom stereocenters. The van der Waals surface area contributed by atoms with E-state index in [-0.39, 0.29) is 11.9 Å². The molecule has 29 heavy (non-hydrogen) atoms. The first-order valence-corrected chi connectivity index (χ1v) is 10.8. The van der Waals surface area contributed by atoms with Gasteiger partial charge in [0.15, 0.2) is 5.82 Å². The van der Waals surface area contributed by atoms with Gasteiger partial charge in [-0.2, -0.15) is 5.10 Å². The van der Waals surface area contributed by atoms with Crippen molar-refractivity contribution in [2.24, 2.45) is 0 Å². The number of carbonyl (C=O) groups is 1. The fourth-order valence-electron chi connectivity index (χ4n) is 3.84. The van der Waals surface area contributed by atoms with E-state index in [0.29, 0.717) is 19.0 Å². The first-order valence-electron chi connectivity index (χ1n) is 10.8. The molecular formula is C22H31N5O2. The number of carbonyl (C=O) groups excluding carboxylic acids is 1. The lowest BCUT2D eigenvalue weighted by Crippen LogP contribution is -2.44. The molecule has 0 bridgehead atoms. The maximum atomic E-state index is 12.7. The van der Waals surface area contributed by atoms with Crippen molar-refractivity contribution >= 4 is 6.03 Å².